The molecule has 0 amide bonds. The number of hydrogen-bond donors (Lipinski definition) is 0. The minimum absolute atomic E-state index is 0.630. The highest BCUT2D eigenvalue weighted by atomic mass is 79.9. The summed E-state index contributed by atoms with van der Waals surface area (Å²) in [6.07, 6.45) is 2.40. The standard InChI is InChI=1S/C21H23BrN2O/c22-21-7-5-18(6-8-21)14-24-11-9-20(10-12-24)16-25-15-19-3-1-17(13-23)2-4-19/h1-8,20H,9-12,14-16H2. The van der Waals surface area contributed by atoms with Gasteiger partial charge in [0, 0.05) is 17.6 Å². The fourth-order valence-corrected chi connectivity index (χ4v) is 3.44. The number of nitrogens with zero attached hydrogens (tertiary/aromatic N) is 2. The van der Waals surface area contributed by atoms with Gasteiger partial charge in [-0.3, -0.25) is 4.90 Å². The summed E-state index contributed by atoms with van der Waals surface area (Å²) >= 11 is 3.48. The summed E-state index contributed by atoms with van der Waals surface area (Å²) in [6, 6.07) is 18.4. The van der Waals surface area contributed by atoms with Crippen molar-refractivity contribution in [2.75, 3.05) is 19.7 Å². The second kappa shape index (κ2) is 9.15. The SMILES string of the molecule is N#Cc1ccc(COCC2CCN(Cc3ccc(Br)cc3)CC2)cc1. The molecule has 25 heavy (non-hydrogen) atoms. The number of halogens is 1. The maximum absolute atomic E-state index is 8.81. The molecule has 0 saturated carbocycles. The van der Waals surface area contributed by atoms with Gasteiger partial charge in [-0.1, -0.05) is 40.2 Å². The molecule has 130 valence electrons. The van der Waals surface area contributed by atoms with Crippen LogP contribution in [-0.2, 0) is 17.9 Å². The van der Waals surface area contributed by atoms with Crippen LogP contribution in [0.1, 0.15) is 29.5 Å². The maximum Gasteiger partial charge on any atom is 0.0991 e. The molecule has 1 fully saturated rings. The lowest BCUT2D eigenvalue weighted by molar-refractivity contribution is 0.0562. The molecule has 2 aromatic rings. The van der Waals surface area contributed by atoms with Crippen LogP contribution in [0.5, 0.6) is 0 Å². The molecule has 4 heteroatoms. The first-order valence-corrected chi connectivity index (χ1v) is 9.56. The molecule has 3 rings (SSSR count). The Labute approximate surface area is 158 Å². The van der Waals surface area contributed by atoms with Gasteiger partial charge in [-0.2, -0.15) is 5.26 Å². The molecule has 0 atom stereocenters. The van der Waals surface area contributed by atoms with Gasteiger partial charge in [0.1, 0.15) is 0 Å². The van der Waals surface area contributed by atoms with Gasteiger partial charge in [-0.15, -0.1) is 0 Å². The van der Waals surface area contributed by atoms with E-state index >= 15 is 0 Å². The minimum atomic E-state index is 0.630. The molecule has 0 N–H and O–H groups in total. The highest BCUT2D eigenvalue weighted by molar-refractivity contribution is 9.10. The molecular weight excluding hydrogens is 376 g/mol. The lowest BCUT2D eigenvalue weighted by Gasteiger charge is -2.31. The van der Waals surface area contributed by atoms with Gasteiger partial charge in [0.25, 0.3) is 0 Å². The predicted molar refractivity (Wildman–Crippen MR) is 103 cm³/mol. The van der Waals surface area contributed by atoms with Gasteiger partial charge in [0.05, 0.1) is 18.2 Å². The van der Waals surface area contributed by atoms with Crippen LogP contribution in [0.3, 0.4) is 0 Å². The Morgan fingerprint density at radius 1 is 1.00 bits per heavy atom. The van der Waals surface area contributed by atoms with Crippen molar-refractivity contribution in [1.29, 1.82) is 5.26 Å². The van der Waals surface area contributed by atoms with Crippen LogP contribution in [0.15, 0.2) is 53.0 Å². The zero-order valence-electron chi connectivity index (χ0n) is 14.3. The van der Waals surface area contributed by atoms with E-state index in [9.17, 15) is 0 Å². The van der Waals surface area contributed by atoms with E-state index in [1.807, 2.05) is 24.3 Å². The van der Waals surface area contributed by atoms with Crippen molar-refractivity contribution in [2.24, 2.45) is 5.92 Å². The Hall–Kier alpha value is -1.67. The summed E-state index contributed by atoms with van der Waals surface area (Å²) in [5, 5.41) is 8.81. The first-order valence-electron chi connectivity index (χ1n) is 8.76. The summed E-state index contributed by atoms with van der Waals surface area (Å²) in [5.74, 6) is 0.652. The third kappa shape index (κ3) is 5.67. The van der Waals surface area contributed by atoms with E-state index < -0.39 is 0 Å². The number of ether oxygens (including phenoxy) is 1. The molecule has 0 aromatic heterocycles. The Kier molecular flexibility index (Phi) is 6.63. The van der Waals surface area contributed by atoms with Crippen molar-refractivity contribution in [3.63, 3.8) is 0 Å². The molecule has 0 radical (unpaired) electrons. The predicted octanol–water partition coefficient (Wildman–Crippen LogP) is 4.75. The molecule has 0 spiro atoms. The number of nitriles is 1. The second-order valence-electron chi connectivity index (χ2n) is 6.67. The summed E-state index contributed by atoms with van der Waals surface area (Å²) in [7, 11) is 0. The van der Waals surface area contributed by atoms with Crippen LogP contribution in [-0.4, -0.2) is 24.6 Å². The van der Waals surface area contributed by atoms with Crippen LogP contribution in [0.2, 0.25) is 0 Å². The number of hydrogen-bond acceptors (Lipinski definition) is 3. The molecule has 1 aliphatic rings. The molecule has 1 saturated heterocycles. The average molecular weight is 399 g/mol. The van der Waals surface area contributed by atoms with Crippen LogP contribution in [0.25, 0.3) is 0 Å². The highest BCUT2D eigenvalue weighted by Crippen LogP contribution is 2.20. The van der Waals surface area contributed by atoms with Gasteiger partial charge in [0.2, 0.25) is 0 Å². The molecule has 0 bridgehead atoms. The molecule has 1 aliphatic heterocycles. The van der Waals surface area contributed by atoms with Gasteiger partial charge in [-0.05, 0) is 67.2 Å². The zero-order chi connectivity index (χ0) is 17.5. The molecule has 3 nitrogen and oxygen atoms in total. The van der Waals surface area contributed by atoms with Crippen molar-refractivity contribution in [3.8, 4) is 6.07 Å². The molecular formula is C21H23BrN2O. The van der Waals surface area contributed by atoms with Crippen molar-refractivity contribution < 1.29 is 4.74 Å². The largest absolute Gasteiger partial charge is 0.376 e. The zero-order valence-corrected chi connectivity index (χ0v) is 15.9. The monoisotopic (exact) mass is 398 g/mol. The number of benzene rings is 2. The highest BCUT2D eigenvalue weighted by Gasteiger charge is 2.19. The number of likely N-dealkylation sites (tertiary alicyclic amines) is 1. The van der Waals surface area contributed by atoms with Gasteiger partial charge >= 0.3 is 0 Å². The van der Waals surface area contributed by atoms with E-state index in [1.165, 1.54) is 18.4 Å². The van der Waals surface area contributed by atoms with Crippen LogP contribution in [0, 0.1) is 17.2 Å². The Morgan fingerprint density at radius 3 is 2.28 bits per heavy atom. The summed E-state index contributed by atoms with van der Waals surface area (Å²) in [6.45, 7) is 4.77. The third-order valence-corrected chi connectivity index (χ3v) is 5.26. The summed E-state index contributed by atoms with van der Waals surface area (Å²) in [4.78, 5) is 2.53. The average Bonchev–Trinajstić information content (AvgIpc) is 2.66. The first kappa shape index (κ1) is 18.1. The molecule has 1 heterocycles. The summed E-state index contributed by atoms with van der Waals surface area (Å²) < 4.78 is 7.03. The van der Waals surface area contributed by atoms with Crippen molar-refractivity contribution in [2.45, 2.75) is 26.0 Å². The lowest BCUT2D eigenvalue weighted by Crippen LogP contribution is -2.34. The fourth-order valence-electron chi connectivity index (χ4n) is 3.18. The Bertz CT molecular complexity index is 698. The lowest BCUT2D eigenvalue weighted by atomic mass is 9.97. The van der Waals surface area contributed by atoms with E-state index in [4.69, 9.17) is 10.00 Å². The molecule has 0 aliphatic carbocycles. The quantitative estimate of drug-likeness (QED) is 0.704. The van der Waals surface area contributed by atoms with Gasteiger partial charge in [0.15, 0.2) is 0 Å². The van der Waals surface area contributed by atoms with Crippen molar-refractivity contribution in [1.82, 2.24) is 4.90 Å². The van der Waals surface area contributed by atoms with E-state index in [0.29, 0.717) is 18.1 Å². The van der Waals surface area contributed by atoms with Gasteiger partial charge < -0.3 is 4.74 Å². The van der Waals surface area contributed by atoms with Crippen LogP contribution >= 0.6 is 15.9 Å². The van der Waals surface area contributed by atoms with E-state index in [0.717, 1.165) is 36.3 Å². The van der Waals surface area contributed by atoms with E-state index in [2.05, 4.69) is 51.2 Å². The van der Waals surface area contributed by atoms with Gasteiger partial charge in [-0.25, -0.2) is 0 Å². The second-order valence-corrected chi connectivity index (χ2v) is 7.59. The third-order valence-electron chi connectivity index (χ3n) is 4.73. The maximum atomic E-state index is 8.81. The Balaban J connectivity index is 1.36. The van der Waals surface area contributed by atoms with Crippen LogP contribution < -0.4 is 0 Å². The fraction of sp³-hybridized carbons (Fsp3) is 0.381. The number of piperidine rings is 1. The van der Waals surface area contributed by atoms with E-state index in [-0.39, 0.29) is 0 Å². The van der Waals surface area contributed by atoms with E-state index in [1.54, 1.807) is 0 Å². The molecule has 2 aromatic carbocycles. The minimum Gasteiger partial charge on any atom is -0.376 e. The van der Waals surface area contributed by atoms with Crippen LogP contribution in [0.4, 0.5) is 0 Å². The summed E-state index contributed by atoms with van der Waals surface area (Å²) in [5.41, 5.74) is 3.20. The molecule has 0 unspecified atom stereocenters. The van der Waals surface area contributed by atoms with Crippen molar-refractivity contribution >= 4 is 15.9 Å². The van der Waals surface area contributed by atoms with Crippen molar-refractivity contribution in [3.05, 3.63) is 69.7 Å². The topological polar surface area (TPSA) is 36.3 Å². The Morgan fingerprint density at radius 2 is 1.64 bits per heavy atom. The number of rotatable bonds is 6. The smallest absolute Gasteiger partial charge is 0.0991 e. The normalized spacial score (nSPS) is 15.8. The first-order chi connectivity index (χ1) is 12.2.